The van der Waals surface area contributed by atoms with Crippen molar-refractivity contribution in [3.8, 4) is 5.75 Å². The Balaban J connectivity index is 1.54. The van der Waals surface area contributed by atoms with Crippen LogP contribution in [0.1, 0.15) is 36.7 Å². The Labute approximate surface area is 211 Å². The molecule has 8 heteroatoms. The first-order chi connectivity index (χ1) is 15.5. The van der Waals surface area contributed by atoms with Gasteiger partial charge in [-0.1, -0.05) is 56.1 Å². The summed E-state index contributed by atoms with van der Waals surface area (Å²) in [5.74, 6) is -0.223. The lowest BCUT2D eigenvalue weighted by atomic mass is 9.87. The predicted molar refractivity (Wildman–Crippen MR) is 138 cm³/mol. The molecule has 33 heavy (non-hydrogen) atoms. The van der Waals surface area contributed by atoms with E-state index < -0.39 is 0 Å². The van der Waals surface area contributed by atoms with Crippen LogP contribution in [0.15, 0.2) is 65.1 Å². The molecule has 0 spiro atoms. The number of benzene rings is 3. The number of ether oxygens (including phenoxy) is 1. The second kappa shape index (κ2) is 10.6. The minimum atomic E-state index is -0.358. The van der Waals surface area contributed by atoms with E-state index in [1.54, 1.807) is 30.3 Å². The molecule has 0 saturated carbocycles. The van der Waals surface area contributed by atoms with Gasteiger partial charge < -0.3 is 15.4 Å². The molecule has 0 aliphatic rings. The van der Waals surface area contributed by atoms with Crippen LogP contribution in [0.3, 0.4) is 0 Å². The second-order valence-corrected chi connectivity index (χ2v) is 10.1. The Kier molecular flexibility index (Phi) is 8.05. The summed E-state index contributed by atoms with van der Waals surface area (Å²) >= 11 is 15.3. The summed E-state index contributed by atoms with van der Waals surface area (Å²) in [5.41, 5.74) is 2.94. The van der Waals surface area contributed by atoms with Crippen molar-refractivity contribution < 1.29 is 14.3 Å². The first-order valence-electron chi connectivity index (χ1n) is 10.1. The number of amides is 2. The fraction of sp³-hybridized carbons (Fsp3) is 0.200. The zero-order valence-electron chi connectivity index (χ0n) is 18.3. The lowest BCUT2D eigenvalue weighted by Gasteiger charge is -2.19. The van der Waals surface area contributed by atoms with Gasteiger partial charge in [-0.3, -0.25) is 9.59 Å². The molecule has 0 heterocycles. The molecular formula is C25H23BrCl2N2O3. The molecule has 0 saturated heterocycles. The van der Waals surface area contributed by atoms with Crippen molar-refractivity contribution in [2.24, 2.45) is 0 Å². The van der Waals surface area contributed by atoms with Crippen LogP contribution in [0.2, 0.25) is 10.0 Å². The molecule has 2 amide bonds. The molecule has 2 N–H and O–H groups in total. The van der Waals surface area contributed by atoms with E-state index >= 15 is 0 Å². The minimum Gasteiger partial charge on any atom is -0.481 e. The Morgan fingerprint density at radius 2 is 1.48 bits per heavy atom. The van der Waals surface area contributed by atoms with Crippen molar-refractivity contribution in [1.82, 2.24) is 0 Å². The van der Waals surface area contributed by atoms with E-state index in [2.05, 4.69) is 47.3 Å². The van der Waals surface area contributed by atoms with Crippen LogP contribution in [0.4, 0.5) is 11.4 Å². The van der Waals surface area contributed by atoms with Gasteiger partial charge in [0.25, 0.3) is 11.8 Å². The number of carbonyl (C=O) groups is 2. The summed E-state index contributed by atoms with van der Waals surface area (Å²) in [4.78, 5) is 24.7. The van der Waals surface area contributed by atoms with Crippen LogP contribution in [-0.2, 0) is 10.2 Å². The normalized spacial score (nSPS) is 11.1. The van der Waals surface area contributed by atoms with Crippen LogP contribution in [0.25, 0.3) is 0 Å². The number of anilines is 2. The Hall–Kier alpha value is -2.54. The van der Waals surface area contributed by atoms with Crippen LogP contribution >= 0.6 is 39.1 Å². The van der Waals surface area contributed by atoms with E-state index in [-0.39, 0.29) is 23.8 Å². The van der Waals surface area contributed by atoms with E-state index in [0.717, 1.165) is 5.56 Å². The number of hydrogen-bond donors (Lipinski definition) is 2. The number of nitrogens with one attached hydrogen (secondary N) is 2. The van der Waals surface area contributed by atoms with Gasteiger partial charge in [-0.05, 0) is 75.4 Å². The molecule has 3 aromatic rings. The summed E-state index contributed by atoms with van der Waals surface area (Å²) in [7, 11) is 0. The SMILES string of the molecule is CC(C)(C)c1ccc(C(=O)Nc2ccc(NC(=O)COc3c(Cl)cc(Cl)cc3Br)cc2)cc1. The van der Waals surface area contributed by atoms with Gasteiger partial charge in [-0.25, -0.2) is 0 Å². The molecule has 5 nitrogen and oxygen atoms in total. The topological polar surface area (TPSA) is 67.4 Å². The van der Waals surface area contributed by atoms with Crippen molar-refractivity contribution in [1.29, 1.82) is 0 Å². The van der Waals surface area contributed by atoms with Gasteiger partial charge in [-0.2, -0.15) is 0 Å². The lowest BCUT2D eigenvalue weighted by Crippen LogP contribution is -2.20. The van der Waals surface area contributed by atoms with E-state index in [1.165, 1.54) is 6.07 Å². The standard InChI is InChI=1S/C25H23BrCl2N2O3/c1-25(2,3)16-6-4-15(5-7-16)24(32)30-19-10-8-18(9-11-19)29-22(31)14-33-23-20(26)12-17(27)13-21(23)28/h4-13H,14H2,1-3H3,(H,29,31)(H,30,32). The van der Waals surface area contributed by atoms with Crippen molar-refractivity contribution in [2.45, 2.75) is 26.2 Å². The van der Waals surface area contributed by atoms with Crippen molar-refractivity contribution in [3.63, 3.8) is 0 Å². The molecule has 0 unspecified atom stereocenters. The van der Waals surface area contributed by atoms with Gasteiger partial charge in [0.2, 0.25) is 0 Å². The monoisotopic (exact) mass is 548 g/mol. The van der Waals surface area contributed by atoms with Crippen molar-refractivity contribution in [2.75, 3.05) is 17.2 Å². The molecule has 3 aromatic carbocycles. The maximum Gasteiger partial charge on any atom is 0.262 e. The fourth-order valence-electron chi connectivity index (χ4n) is 2.96. The summed E-state index contributed by atoms with van der Waals surface area (Å²) < 4.78 is 6.06. The van der Waals surface area contributed by atoms with Gasteiger partial charge in [0, 0.05) is 22.0 Å². The molecule has 0 aliphatic heterocycles. The van der Waals surface area contributed by atoms with Crippen LogP contribution in [0.5, 0.6) is 5.75 Å². The molecule has 0 fully saturated rings. The van der Waals surface area contributed by atoms with Crippen LogP contribution in [-0.4, -0.2) is 18.4 Å². The average Bonchev–Trinajstić information content (AvgIpc) is 2.74. The molecule has 0 atom stereocenters. The largest absolute Gasteiger partial charge is 0.481 e. The Bertz CT molecular complexity index is 1130. The third kappa shape index (κ3) is 6.97. The van der Waals surface area contributed by atoms with E-state index in [4.69, 9.17) is 27.9 Å². The predicted octanol–water partition coefficient (Wildman–Crippen LogP) is 7.32. The number of carbonyl (C=O) groups excluding carboxylic acids is 2. The third-order valence-corrected chi connectivity index (χ3v) is 5.84. The first-order valence-corrected chi connectivity index (χ1v) is 11.7. The molecule has 0 bridgehead atoms. The summed E-state index contributed by atoms with van der Waals surface area (Å²) in [6.07, 6.45) is 0. The van der Waals surface area contributed by atoms with E-state index in [1.807, 2.05) is 24.3 Å². The smallest absolute Gasteiger partial charge is 0.262 e. The highest BCUT2D eigenvalue weighted by Gasteiger charge is 2.15. The summed E-state index contributed by atoms with van der Waals surface area (Å²) in [6, 6.07) is 17.5. The molecule has 3 rings (SSSR count). The van der Waals surface area contributed by atoms with Gasteiger partial charge >= 0.3 is 0 Å². The van der Waals surface area contributed by atoms with Gasteiger partial charge in [0.05, 0.1) is 9.50 Å². The van der Waals surface area contributed by atoms with Crippen LogP contribution in [0, 0.1) is 0 Å². The minimum absolute atomic E-state index is 0.0257. The average molecular weight is 550 g/mol. The molecule has 0 aliphatic carbocycles. The van der Waals surface area contributed by atoms with Gasteiger partial charge in [0.1, 0.15) is 0 Å². The van der Waals surface area contributed by atoms with Gasteiger partial charge in [-0.15, -0.1) is 0 Å². The zero-order chi connectivity index (χ0) is 24.2. The highest BCUT2D eigenvalue weighted by molar-refractivity contribution is 9.10. The number of rotatable bonds is 6. The first kappa shape index (κ1) is 25.1. The maximum absolute atomic E-state index is 12.5. The zero-order valence-corrected chi connectivity index (χ0v) is 21.4. The summed E-state index contributed by atoms with van der Waals surface area (Å²) in [5, 5.41) is 6.35. The highest BCUT2D eigenvalue weighted by atomic mass is 79.9. The molecule has 172 valence electrons. The molecule has 0 aromatic heterocycles. The number of halogens is 3. The van der Waals surface area contributed by atoms with E-state index in [0.29, 0.717) is 37.2 Å². The maximum atomic E-state index is 12.5. The van der Waals surface area contributed by atoms with Gasteiger partial charge in [0.15, 0.2) is 12.4 Å². The number of hydrogen-bond acceptors (Lipinski definition) is 3. The quantitative estimate of drug-likeness (QED) is 0.338. The van der Waals surface area contributed by atoms with Crippen LogP contribution < -0.4 is 15.4 Å². The Morgan fingerprint density at radius 1 is 0.909 bits per heavy atom. The third-order valence-electron chi connectivity index (χ3n) is 4.75. The fourth-order valence-corrected chi connectivity index (χ4v) is 4.33. The highest BCUT2D eigenvalue weighted by Crippen LogP contribution is 2.36. The van der Waals surface area contributed by atoms with Crippen molar-refractivity contribution >= 4 is 62.3 Å². The van der Waals surface area contributed by atoms with E-state index in [9.17, 15) is 9.59 Å². The summed E-state index contributed by atoms with van der Waals surface area (Å²) in [6.45, 7) is 6.14. The molecular weight excluding hydrogens is 527 g/mol. The lowest BCUT2D eigenvalue weighted by molar-refractivity contribution is -0.118. The Morgan fingerprint density at radius 3 is 2.03 bits per heavy atom. The van der Waals surface area contributed by atoms with Crippen molar-refractivity contribution in [3.05, 3.63) is 86.3 Å². The second-order valence-electron chi connectivity index (χ2n) is 8.39. The molecule has 0 radical (unpaired) electrons.